The Bertz CT molecular complexity index is 1120. The van der Waals surface area contributed by atoms with E-state index in [9.17, 15) is 0 Å². The number of halogens is 1. The average molecular weight is 464 g/mol. The molecule has 0 unspecified atom stereocenters. The lowest BCUT2D eigenvalue weighted by Crippen LogP contribution is -2.22. The standard InChI is InChI=1S/C25H26ClN5S/c1-30(16-6-9-20-7-3-2-4-8-20)18-24-28-29-25(32-19-21-12-14-27-15-13-21)31(24)23-11-5-10-22(26)17-23/h2-5,7-8,10-15,17H,6,9,16,18-19H2,1H3. The highest BCUT2D eigenvalue weighted by Gasteiger charge is 2.16. The molecule has 2 aromatic carbocycles. The van der Waals surface area contributed by atoms with Crippen LogP contribution in [0.1, 0.15) is 23.4 Å². The fourth-order valence-electron chi connectivity index (χ4n) is 3.52. The molecule has 0 saturated heterocycles. The maximum atomic E-state index is 6.29. The van der Waals surface area contributed by atoms with Crippen LogP contribution < -0.4 is 0 Å². The Hall–Kier alpha value is -2.67. The summed E-state index contributed by atoms with van der Waals surface area (Å²) in [6, 6.07) is 22.5. The van der Waals surface area contributed by atoms with Gasteiger partial charge in [-0.25, -0.2) is 0 Å². The number of thioether (sulfide) groups is 1. The quantitative estimate of drug-likeness (QED) is 0.283. The van der Waals surface area contributed by atoms with E-state index in [0.29, 0.717) is 11.6 Å². The zero-order valence-electron chi connectivity index (χ0n) is 18.1. The van der Waals surface area contributed by atoms with E-state index in [0.717, 1.165) is 41.8 Å². The van der Waals surface area contributed by atoms with Gasteiger partial charge >= 0.3 is 0 Å². The van der Waals surface area contributed by atoms with E-state index in [2.05, 4.69) is 62.0 Å². The van der Waals surface area contributed by atoms with Crippen LogP contribution in [0.2, 0.25) is 5.02 Å². The maximum Gasteiger partial charge on any atom is 0.196 e. The molecule has 0 fully saturated rings. The Kier molecular flexibility index (Phi) is 7.93. The van der Waals surface area contributed by atoms with E-state index in [1.54, 1.807) is 11.8 Å². The number of benzene rings is 2. The van der Waals surface area contributed by atoms with Crippen molar-refractivity contribution in [1.29, 1.82) is 0 Å². The molecule has 4 aromatic rings. The lowest BCUT2D eigenvalue weighted by Gasteiger charge is -2.17. The van der Waals surface area contributed by atoms with E-state index < -0.39 is 0 Å². The Morgan fingerprint density at radius 3 is 2.53 bits per heavy atom. The first-order valence-corrected chi connectivity index (χ1v) is 12.0. The largest absolute Gasteiger partial charge is 0.299 e. The predicted molar refractivity (Wildman–Crippen MR) is 131 cm³/mol. The zero-order chi connectivity index (χ0) is 22.2. The first-order chi connectivity index (χ1) is 15.7. The molecule has 0 spiro atoms. The fourth-order valence-corrected chi connectivity index (χ4v) is 4.63. The summed E-state index contributed by atoms with van der Waals surface area (Å²) in [5.41, 5.74) is 3.55. The van der Waals surface area contributed by atoms with E-state index in [-0.39, 0.29) is 0 Å². The molecule has 0 N–H and O–H groups in total. The highest BCUT2D eigenvalue weighted by atomic mass is 35.5. The second-order valence-electron chi connectivity index (χ2n) is 7.69. The molecular weight excluding hydrogens is 438 g/mol. The van der Waals surface area contributed by atoms with Crippen LogP contribution in [0.25, 0.3) is 5.69 Å². The van der Waals surface area contributed by atoms with Gasteiger partial charge in [0, 0.05) is 23.2 Å². The van der Waals surface area contributed by atoms with Gasteiger partial charge in [-0.3, -0.25) is 14.5 Å². The number of hydrogen-bond donors (Lipinski definition) is 0. The third-order valence-corrected chi connectivity index (χ3v) is 6.38. The lowest BCUT2D eigenvalue weighted by atomic mass is 10.1. The first kappa shape index (κ1) is 22.5. The third kappa shape index (κ3) is 6.19. The summed E-state index contributed by atoms with van der Waals surface area (Å²) in [6.45, 7) is 1.70. The van der Waals surface area contributed by atoms with Crippen LogP contribution in [0.4, 0.5) is 0 Å². The van der Waals surface area contributed by atoms with Gasteiger partial charge in [-0.15, -0.1) is 10.2 Å². The van der Waals surface area contributed by atoms with Crippen molar-refractivity contribution in [3.63, 3.8) is 0 Å². The van der Waals surface area contributed by atoms with Crippen molar-refractivity contribution in [3.8, 4) is 5.69 Å². The lowest BCUT2D eigenvalue weighted by molar-refractivity contribution is 0.311. The predicted octanol–water partition coefficient (Wildman–Crippen LogP) is 5.67. The average Bonchev–Trinajstić information content (AvgIpc) is 3.21. The fraction of sp³-hybridized carbons (Fsp3) is 0.240. The van der Waals surface area contributed by atoms with E-state index in [1.165, 1.54) is 11.1 Å². The van der Waals surface area contributed by atoms with Crippen molar-refractivity contribution in [3.05, 3.63) is 101 Å². The van der Waals surface area contributed by atoms with Gasteiger partial charge in [0.1, 0.15) is 0 Å². The van der Waals surface area contributed by atoms with Crippen LogP contribution in [0.3, 0.4) is 0 Å². The van der Waals surface area contributed by atoms with Gasteiger partial charge in [-0.05, 0) is 67.9 Å². The molecule has 0 radical (unpaired) electrons. The number of nitrogens with zero attached hydrogens (tertiary/aromatic N) is 5. The highest BCUT2D eigenvalue weighted by molar-refractivity contribution is 7.98. The van der Waals surface area contributed by atoms with Crippen molar-refractivity contribution in [1.82, 2.24) is 24.6 Å². The van der Waals surface area contributed by atoms with Crippen molar-refractivity contribution in [2.75, 3.05) is 13.6 Å². The summed E-state index contributed by atoms with van der Waals surface area (Å²) >= 11 is 7.96. The summed E-state index contributed by atoms with van der Waals surface area (Å²) in [7, 11) is 2.13. The van der Waals surface area contributed by atoms with Gasteiger partial charge in [0.2, 0.25) is 0 Å². The van der Waals surface area contributed by atoms with Crippen LogP contribution in [0, 0.1) is 0 Å². The molecule has 0 bridgehead atoms. The molecule has 164 valence electrons. The van der Waals surface area contributed by atoms with Crippen LogP contribution >= 0.6 is 23.4 Å². The normalized spacial score (nSPS) is 11.2. The Balaban J connectivity index is 1.47. The second kappa shape index (κ2) is 11.3. The maximum absolute atomic E-state index is 6.29. The van der Waals surface area contributed by atoms with Crippen LogP contribution in [-0.2, 0) is 18.7 Å². The molecule has 4 rings (SSSR count). The molecular formula is C25H26ClN5S. The molecule has 32 heavy (non-hydrogen) atoms. The monoisotopic (exact) mass is 463 g/mol. The van der Waals surface area contributed by atoms with Crippen LogP contribution in [0.5, 0.6) is 0 Å². The van der Waals surface area contributed by atoms with Crippen molar-refractivity contribution < 1.29 is 0 Å². The summed E-state index contributed by atoms with van der Waals surface area (Å²) in [4.78, 5) is 6.39. The van der Waals surface area contributed by atoms with Crippen LogP contribution in [0.15, 0.2) is 84.3 Å². The molecule has 2 aromatic heterocycles. The van der Waals surface area contributed by atoms with Gasteiger partial charge in [0.15, 0.2) is 11.0 Å². The topological polar surface area (TPSA) is 46.8 Å². The number of pyridine rings is 1. The Morgan fingerprint density at radius 2 is 1.75 bits per heavy atom. The summed E-state index contributed by atoms with van der Waals surface area (Å²) in [6.07, 6.45) is 5.79. The highest BCUT2D eigenvalue weighted by Crippen LogP contribution is 2.27. The summed E-state index contributed by atoms with van der Waals surface area (Å²) in [5, 5.41) is 10.6. The molecule has 7 heteroatoms. The molecule has 0 aliphatic rings. The zero-order valence-corrected chi connectivity index (χ0v) is 19.6. The number of rotatable bonds is 10. The van der Waals surface area contributed by atoms with Gasteiger partial charge in [0.25, 0.3) is 0 Å². The summed E-state index contributed by atoms with van der Waals surface area (Å²) < 4.78 is 2.12. The third-order valence-electron chi connectivity index (χ3n) is 5.14. The van der Waals surface area contributed by atoms with Crippen LogP contribution in [-0.4, -0.2) is 38.2 Å². The van der Waals surface area contributed by atoms with E-state index in [4.69, 9.17) is 11.6 Å². The minimum atomic E-state index is 0.698. The van der Waals surface area contributed by atoms with Gasteiger partial charge in [0.05, 0.1) is 12.2 Å². The number of hydrogen-bond acceptors (Lipinski definition) is 5. The van der Waals surface area contributed by atoms with E-state index in [1.807, 2.05) is 48.8 Å². The van der Waals surface area contributed by atoms with Gasteiger partial charge in [-0.1, -0.05) is 59.8 Å². The Morgan fingerprint density at radius 1 is 0.938 bits per heavy atom. The molecule has 0 saturated carbocycles. The number of aryl methyl sites for hydroxylation is 1. The minimum absolute atomic E-state index is 0.698. The van der Waals surface area contributed by atoms with Crippen molar-refractivity contribution in [2.45, 2.75) is 30.3 Å². The smallest absolute Gasteiger partial charge is 0.196 e. The van der Waals surface area contributed by atoms with Gasteiger partial charge < -0.3 is 0 Å². The van der Waals surface area contributed by atoms with E-state index >= 15 is 0 Å². The number of aromatic nitrogens is 4. The summed E-state index contributed by atoms with van der Waals surface area (Å²) in [5.74, 6) is 1.71. The van der Waals surface area contributed by atoms with Gasteiger partial charge in [-0.2, -0.15) is 0 Å². The van der Waals surface area contributed by atoms with Crippen molar-refractivity contribution >= 4 is 23.4 Å². The molecule has 0 aliphatic carbocycles. The SMILES string of the molecule is CN(CCCc1ccccc1)Cc1nnc(SCc2ccncc2)n1-c1cccc(Cl)c1. The molecule has 0 atom stereocenters. The van der Waals surface area contributed by atoms with Crippen molar-refractivity contribution in [2.24, 2.45) is 0 Å². The first-order valence-electron chi connectivity index (χ1n) is 10.6. The molecule has 5 nitrogen and oxygen atoms in total. The molecule has 0 amide bonds. The molecule has 0 aliphatic heterocycles. The minimum Gasteiger partial charge on any atom is -0.299 e. The second-order valence-corrected chi connectivity index (χ2v) is 9.06. The Labute approximate surface area is 198 Å². The molecule has 2 heterocycles.